The first-order valence-corrected chi connectivity index (χ1v) is 7.96. The number of hydrogen-bond donors (Lipinski definition) is 1. The highest BCUT2D eigenvalue weighted by Crippen LogP contribution is 2.33. The molecule has 24 heavy (non-hydrogen) atoms. The van der Waals surface area contributed by atoms with Gasteiger partial charge in [-0.05, 0) is 32.0 Å². The van der Waals surface area contributed by atoms with E-state index in [2.05, 4.69) is 4.98 Å². The number of aryl methyl sites for hydroxylation is 1. The van der Waals surface area contributed by atoms with Gasteiger partial charge in [0, 0.05) is 49.3 Å². The predicted molar refractivity (Wildman–Crippen MR) is 88.9 cm³/mol. The molecule has 0 radical (unpaired) electrons. The Kier molecular flexibility index (Phi) is 4.13. The van der Waals surface area contributed by atoms with E-state index in [1.807, 2.05) is 43.7 Å². The molecule has 2 aromatic heterocycles. The van der Waals surface area contributed by atoms with Crippen LogP contribution in [0.2, 0.25) is 0 Å². The molecule has 3 rings (SSSR count). The molecule has 6 nitrogen and oxygen atoms in total. The van der Waals surface area contributed by atoms with Crippen molar-refractivity contribution in [3.05, 3.63) is 53.1 Å². The van der Waals surface area contributed by atoms with Gasteiger partial charge in [-0.1, -0.05) is 6.07 Å². The number of carbonyl (C=O) groups is 2. The lowest BCUT2D eigenvalue weighted by Gasteiger charge is -2.16. The summed E-state index contributed by atoms with van der Waals surface area (Å²) in [7, 11) is 1.92. The van der Waals surface area contributed by atoms with Gasteiger partial charge in [-0.2, -0.15) is 0 Å². The average molecular weight is 327 g/mol. The molecule has 0 aromatic carbocycles. The molecular formula is C18H21N3O3. The fourth-order valence-electron chi connectivity index (χ4n) is 3.36. The fourth-order valence-corrected chi connectivity index (χ4v) is 3.36. The Morgan fingerprint density at radius 2 is 2.00 bits per heavy atom. The van der Waals surface area contributed by atoms with Crippen molar-refractivity contribution in [3.63, 3.8) is 0 Å². The fraction of sp³-hybridized carbons (Fsp3) is 0.389. The van der Waals surface area contributed by atoms with Gasteiger partial charge in [0.05, 0.1) is 11.5 Å². The molecule has 1 aliphatic rings. The van der Waals surface area contributed by atoms with Crippen molar-refractivity contribution in [2.75, 3.05) is 13.1 Å². The lowest BCUT2D eigenvalue weighted by atomic mass is 9.93. The van der Waals surface area contributed by atoms with Crippen molar-refractivity contribution >= 4 is 11.9 Å². The number of aromatic nitrogens is 2. The Labute approximate surface area is 140 Å². The Bertz CT molecular complexity index is 782. The minimum Gasteiger partial charge on any atom is -0.481 e. The minimum atomic E-state index is -0.887. The summed E-state index contributed by atoms with van der Waals surface area (Å²) in [6.07, 6.45) is 1.66. The molecule has 1 aliphatic heterocycles. The number of likely N-dealkylation sites (tertiary alicyclic amines) is 1. The standard InChI is InChI=1S/C18H21N3O3/c1-11-8-13(12(2)20(11)3)17(22)21-9-14(15(10-21)18(23)24)16-6-4-5-7-19-16/h4-8,14-15H,9-10H2,1-3H3,(H,23,24). The number of aliphatic carboxylic acids is 1. The quantitative estimate of drug-likeness (QED) is 0.935. The second-order valence-electron chi connectivity index (χ2n) is 6.36. The zero-order valence-electron chi connectivity index (χ0n) is 14.1. The molecule has 2 atom stereocenters. The first-order valence-electron chi connectivity index (χ1n) is 7.96. The number of amides is 1. The van der Waals surface area contributed by atoms with Gasteiger partial charge in [0.2, 0.25) is 0 Å². The highest BCUT2D eigenvalue weighted by atomic mass is 16.4. The number of carbonyl (C=O) groups excluding carboxylic acids is 1. The van der Waals surface area contributed by atoms with Crippen LogP contribution in [0, 0.1) is 19.8 Å². The number of carboxylic acids is 1. The first-order chi connectivity index (χ1) is 11.4. The summed E-state index contributed by atoms with van der Waals surface area (Å²) >= 11 is 0. The number of pyridine rings is 1. The van der Waals surface area contributed by atoms with Gasteiger partial charge in [-0.15, -0.1) is 0 Å². The van der Waals surface area contributed by atoms with Gasteiger partial charge < -0.3 is 14.6 Å². The molecule has 6 heteroatoms. The molecule has 3 heterocycles. The molecule has 0 saturated carbocycles. The van der Waals surface area contributed by atoms with Crippen LogP contribution in [0.4, 0.5) is 0 Å². The van der Waals surface area contributed by atoms with Crippen LogP contribution >= 0.6 is 0 Å². The maximum atomic E-state index is 12.9. The normalized spacial score (nSPS) is 20.4. The van der Waals surface area contributed by atoms with Crippen molar-refractivity contribution < 1.29 is 14.7 Å². The SMILES string of the molecule is Cc1cc(C(=O)N2CC(C(=O)O)C(c3ccccn3)C2)c(C)n1C. The second kappa shape index (κ2) is 6.11. The van der Waals surface area contributed by atoms with E-state index in [1.54, 1.807) is 17.2 Å². The van der Waals surface area contributed by atoms with Gasteiger partial charge in [-0.3, -0.25) is 14.6 Å². The maximum Gasteiger partial charge on any atom is 0.309 e. The molecule has 2 aromatic rings. The third-order valence-corrected chi connectivity index (χ3v) is 5.00. The third kappa shape index (κ3) is 2.68. The lowest BCUT2D eigenvalue weighted by molar-refractivity contribution is -0.141. The topological polar surface area (TPSA) is 75.4 Å². The van der Waals surface area contributed by atoms with Crippen molar-refractivity contribution in [1.29, 1.82) is 0 Å². The van der Waals surface area contributed by atoms with E-state index in [0.717, 1.165) is 17.1 Å². The Morgan fingerprint density at radius 3 is 2.54 bits per heavy atom. The molecule has 0 bridgehead atoms. The van der Waals surface area contributed by atoms with E-state index in [9.17, 15) is 14.7 Å². The van der Waals surface area contributed by atoms with E-state index < -0.39 is 11.9 Å². The Hall–Kier alpha value is -2.63. The van der Waals surface area contributed by atoms with Crippen molar-refractivity contribution in [2.45, 2.75) is 19.8 Å². The predicted octanol–water partition coefficient (Wildman–Crippen LogP) is 1.98. The largest absolute Gasteiger partial charge is 0.481 e. The Balaban J connectivity index is 1.89. The second-order valence-corrected chi connectivity index (χ2v) is 6.36. The molecular weight excluding hydrogens is 306 g/mol. The first kappa shape index (κ1) is 16.2. The zero-order valence-corrected chi connectivity index (χ0v) is 14.1. The van der Waals surface area contributed by atoms with Crippen molar-refractivity contribution in [1.82, 2.24) is 14.5 Å². The van der Waals surface area contributed by atoms with E-state index in [0.29, 0.717) is 12.1 Å². The van der Waals surface area contributed by atoms with Gasteiger partial charge in [0.25, 0.3) is 5.91 Å². The number of rotatable bonds is 3. The third-order valence-electron chi connectivity index (χ3n) is 5.00. The van der Waals surface area contributed by atoms with Crippen molar-refractivity contribution in [3.8, 4) is 0 Å². The van der Waals surface area contributed by atoms with E-state index in [-0.39, 0.29) is 18.4 Å². The van der Waals surface area contributed by atoms with Crippen LogP contribution in [-0.4, -0.2) is 44.5 Å². The summed E-state index contributed by atoms with van der Waals surface area (Å²) in [6.45, 7) is 4.44. The summed E-state index contributed by atoms with van der Waals surface area (Å²) < 4.78 is 1.97. The summed E-state index contributed by atoms with van der Waals surface area (Å²) in [5, 5.41) is 9.55. The van der Waals surface area contributed by atoms with Crippen LogP contribution in [0.3, 0.4) is 0 Å². The van der Waals surface area contributed by atoms with E-state index >= 15 is 0 Å². The van der Waals surface area contributed by atoms with Crippen LogP contribution in [-0.2, 0) is 11.8 Å². The highest BCUT2D eigenvalue weighted by molar-refractivity contribution is 5.96. The van der Waals surface area contributed by atoms with E-state index in [1.165, 1.54) is 0 Å². The van der Waals surface area contributed by atoms with Crippen LogP contribution in [0.5, 0.6) is 0 Å². The van der Waals surface area contributed by atoms with Gasteiger partial charge in [0.1, 0.15) is 0 Å². The zero-order chi connectivity index (χ0) is 17.4. The van der Waals surface area contributed by atoms with Crippen LogP contribution in [0.1, 0.15) is 33.4 Å². The van der Waals surface area contributed by atoms with E-state index in [4.69, 9.17) is 0 Å². The van der Waals surface area contributed by atoms with Gasteiger partial charge in [-0.25, -0.2) is 0 Å². The molecule has 0 aliphatic carbocycles. The monoisotopic (exact) mass is 327 g/mol. The molecule has 0 spiro atoms. The van der Waals surface area contributed by atoms with Crippen LogP contribution in [0.15, 0.2) is 30.5 Å². The Morgan fingerprint density at radius 1 is 1.25 bits per heavy atom. The number of nitrogens with zero attached hydrogens (tertiary/aromatic N) is 3. The number of carboxylic acid groups (broad SMARTS) is 1. The van der Waals surface area contributed by atoms with Crippen LogP contribution < -0.4 is 0 Å². The minimum absolute atomic E-state index is 0.110. The average Bonchev–Trinajstić information content (AvgIpc) is 3.13. The number of hydrogen-bond acceptors (Lipinski definition) is 3. The van der Waals surface area contributed by atoms with Gasteiger partial charge >= 0.3 is 5.97 Å². The van der Waals surface area contributed by atoms with Crippen LogP contribution in [0.25, 0.3) is 0 Å². The molecule has 126 valence electrons. The summed E-state index contributed by atoms with van der Waals surface area (Å²) in [5.41, 5.74) is 3.26. The lowest BCUT2D eigenvalue weighted by Crippen LogP contribution is -2.30. The summed E-state index contributed by atoms with van der Waals surface area (Å²) in [4.78, 5) is 30.5. The highest BCUT2D eigenvalue weighted by Gasteiger charge is 2.41. The van der Waals surface area contributed by atoms with Gasteiger partial charge in [0.15, 0.2) is 0 Å². The molecule has 2 unspecified atom stereocenters. The molecule has 1 fully saturated rings. The van der Waals surface area contributed by atoms with Crippen molar-refractivity contribution in [2.24, 2.45) is 13.0 Å². The molecule has 1 saturated heterocycles. The molecule has 1 N–H and O–H groups in total. The smallest absolute Gasteiger partial charge is 0.309 e. The summed E-state index contributed by atoms with van der Waals surface area (Å²) in [5.74, 6) is -1.91. The molecule has 1 amide bonds. The maximum absolute atomic E-state index is 12.9. The summed E-state index contributed by atoms with van der Waals surface area (Å²) in [6, 6.07) is 7.33.